The van der Waals surface area contributed by atoms with Crippen molar-refractivity contribution < 1.29 is 0 Å². The molecule has 2 atom stereocenters. The second kappa shape index (κ2) is 6.36. The lowest BCUT2D eigenvalue weighted by molar-refractivity contribution is 0.0616. The molecule has 2 saturated carbocycles. The molecule has 2 N–H and O–H groups in total. The SMILES string of the molecule is CN(C1CCCC1)C1(CN)CCCC(C(C)(C)C)CC1. The Labute approximate surface area is 126 Å². The van der Waals surface area contributed by atoms with Gasteiger partial charge in [0.2, 0.25) is 0 Å². The van der Waals surface area contributed by atoms with Gasteiger partial charge in [-0.05, 0) is 56.9 Å². The molecule has 0 amide bonds. The zero-order valence-corrected chi connectivity index (χ0v) is 14.3. The van der Waals surface area contributed by atoms with Gasteiger partial charge < -0.3 is 5.73 Å². The second-order valence-electron chi connectivity index (χ2n) is 8.47. The van der Waals surface area contributed by atoms with Crippen LogP contribution < -0.4 is 5.73 Å². The number of nitrogens with two attached hydrogens (primary N) is 1. The van der Waals surface area contributed by atoms with E-state index in [4.69, 9.17) is 5.73 Å². The molecule has 0 saturated heterocycles. The predicted octanol–water partition coefficient (Wildman–Crippen LogP) is 4.18. The van der Waals surface area contributed by atoms with Gasteiger partial charge in [-0.25, -0.2) is 0 Å². The van der Waals surface area contributed by atoms with E-state index >= 15 is 0 Å². The van der Waals surface area contributed by atoms with Gasteiger partial charge in [-0.1, -0.05) is 40.0 Å². The van der Waals surface area contributed by atoms with Gasteiger partial charge in [-0.15, -0.1) is 0 Å². The minimum Gasteiger partial charge on any atom is -0.329 e. The molecule has 2 aliphatic rings. The number of hydrogen-bond donors (Lipinski definition) is 1. The summed E-state index contributed by atoms with van der Waals surface area (Å²) in [6, 6.07) is 0.796. The van der Waals surface area contributed by atoms with Crippen molar-refractivity contribution in [3.8, 4) is 0 Å². The maximum atomic E-state index is 6.29. The largest absolute Gasteiger partial charge is 0.329 e. The molecule has 0 aromatic heterocycles. The fraction of sp³-hybridized carbons (Fsp3) is 1.00. The van der Waals surface area contributed by atoms with Crippen LogP contribution in [0.15, 0.2) is 0 Å². The number of rotatable bonds is 3. The van der Waals surface area contributed by atoms with Crippen molar-refractivity contribution in [1.29, 1.82) is 0 Å². The van der Waals surface area contributed by atoms with Crippen LogP contribution in [0.25, 0.3) is 0 Å². The van der Waals surface area contributed by atoms with Gasteiger partial charge >= 0.3 is 0 Å². The summed E-state index contributed by atoms with van der Waals surface area (Å²) in [4.78, 5) is 2.70. The van der Waals surface area contributed by atoms with E-state index in [0.717, 1.165) is 18.5 Å². The van der Waals surface area contributed by atoms with E-state index < -0.39 is 0 Å². The van der Waals surface area contributed by atoms with Crippen LogP contribution in [0.4, 0.5) is 0 Å². The smallest absolute Gasteiger partial charge is 0.0331 e. The Kier molecular flexibility index (Phi) is 5.18. The highest BCUT2D eigenvalue weighted by Crippen LogP contribution is 2.42. The quantitative estimate of drug-likeness (QED) is 0.786. The molecule has 0 aromatic carbocycles. The summed E-state index contributed by atoms with van der Waals surface area (Å²) in [7, 11) is 2.36. The summed E-state index contributed by atoms with van der Waals surface area (Å²) in [6.07, 6.45) is 12.3. The molecule has 0 spiro atoms. The van der Waals surface area contributed by atoms with Crippen LogP contribution in [-0.2, 0) is 0 Å². The van der Waals surface area contributed by atoms with Gasteiger partial charge in [-0.3, -0.25) is 4.90 Å². The van der Waals surface area contributed by atoms with Crippen LogP contribution in [0.2, 0.25) is 0 Å². The highest BCUT2D eigenvalue weighted by Gasteiger charge is 2.40. The van der Waals surface area contributed by atoms with Gasteiger partial charge in [-0.2, -0.15) is 0 Å². The van der Waals surface area contributed by atoms with Crippen LogP contribution >= 0.6 is 0 Å². The van der Waals surface area contributed by atoms with Crippen molar-refractivity contribution in [2.75, 3.05) is 13.6 Å². The first kappa shape index (κ1) is 16.3. The summed E-state index contributed by atoms with van der Waals surface area (Å²) >= 11 is 0. The molecule has 0 heterocycles. The van der Waals surface area contributed by atoms with E-state index in [1.165, 1.54) is 57.8 Å². The van der Waals surface area contributed by atoms with Crippen LogP contribution in [-0.4, -0.2) is 30.1 Å². The van der Waals surface area contributed by atoms with E-state index in [0.29, 0.717) is 5.41 Å². The van der Waals surface area contributed by atoms with E-state index in [1.54, 1.807) is 0 Å². The average molecular weight is 280 g/mol. The molecule has 2 rings (SSSR count). The Bertz CT molecular complexity index is 301. The maximum absolute atomic E-state index is 6.29. The first-order valence-electron chi connectivity index (χ1n) is 8.82. The number of hydrogen-bond acceptors (Lipinski definition) is 2. The summed E-state index contributed by atoms with van der Waals surface area (Å²) in [5.74, 6) is 0.868. The molecule has 2 unspecified atom stereocenters. The minimum absolute atomic E-state index is 0.287. The van der Waals surface area contributed by atoms with E-state index in [2.05, 4.69) is 32.7 Å². The van der Waals surface area contributed by atoms with Crippen molar-refractivity contribution in [3.63, 3.8) is 0 Å². The summed E-state index contributed by atoms with van der Waals surface area (Å²) < 4.78 is 0. The first-order valence-corrected chi connectivity index (χ1v) is 8.82. The summed E-state index contributed by atoms with van der Waals surface area (Å²) in [5.41, 5.74) is 7.03. The van der Waals surface area contributed by atoms with Crippen molar-refractivity contribution in [2.24, 2.45) is 17.1 Å². The van der Waals surface area contributed by atoms with Crippen LogP contribution in [0.1, 0.15) is 78.6 Å². The minimum atomic E-state index is 0.287. The Morgan fingerprint density at radius 2 is 1.65 bits per heavy atom. The Balaban J connectivity index is 2.07. The Morgan fingerprint density at radius 1 is 1.00 bits per heavy atom. The highest BCUT2D eigenvalue weighted by atomic mass is 15.2. The lowest BCUT2D eigenvalue weighted by atomic mass is 9.76. The summed E-state index contributed by atoms with van der Waals surface area (Å²) in [6.45, 7) is 8.08. The normalized spacial score (nSPS) is 33.6. The topological polar surface area (TPSA) is 29.3 Å². The van der Waals surface area contributed by atoms with Crippen molar-refractivity contribution in [3.05, 3.63) is 0 Å². The average Bonchev–Trinajstić information content (AvgIpc) is 2.82. The molecular formula is C18H36N2. The molecule has 2 fully saturated rings. The van der Waals surface area contributed by atoms with Gasteiger partial charge in [0.05, 0.1) is 0 Å². The third-order valence-electron chi connectivity index (χ3n) is 6.38. The van der Waals surface area contributed by atoms with Crippen LogP contribution in [0, 0.1) is 11.3 Å². The zero-order chi connectivity index (χ0) is 14.8. The predicted molar refractivity (Wildman–Crippen MR) is 87.8 cm³/mol. The molecule has 20 heavy (non-hydrogen) atoms. The van der Waals surface area contributed by atoms with E-state index in [1.807, 2.05) is 0 Å². The number of nitrogens with zero attached hydrogens (tertiary/aromatic N) is 1. The maximum Gasteiger partial charge on any atom is 0.0331 e. The fourth-order valence-electron chi connectivity index (χ4n) is 4.64. The monoisotopic (exact) mass is 280 g/mol. The highest BCUT2D eigenvalue weighted by molar-refractivity contribution is 4.97. The van der Waals surface area contributed by atoms with Crippen LogP contribution in [0.3, 0.4) is 0 Å². The fourth-order valence-corrected chi connectivity index (χ4v) is 4.64. The third-order valence-corrected chi connectivity index (χ3v) is 6.38. The van der Waals surface area contributed by atoms with E-state index in [-0.39, 0.29) is 5.54 Å². The first-order chi connectivity index (χ1) is 9.39. The Hall–Kier alpha value is -0.0800. The number of likely N-dealkylation sites (N-methyl/N-ethyl adjacent to an activating group) is 1. The van der Waals surface area contributed by atoms with Gasteiger partial charge in [0, 0.05) is 18.1 Å². The molecular weight excluding hydrogens is 244 g/mol. The molecule has 0 bridgehead atoms. The second-order valence-corrected chi connectivity index (χ2v) is 8.47. The molecule has 2 heteroatoms. The van der Waals surface area contributed by atoms with Crippen LogP contribution in [0.5, 0.6) is 0 Å². The molecule has 0 radical (unpaired) electrons. The lowest BCUT2D eigenvalue weighted by Gasteiger charge is -2.44. The standard InChI is InChI=1S/C18H36N2/c1-17(2,3)15-8-7-12-18(14-19,13-11-15)20(4)16-9-5-6-10-16/h15-16H,5-14,19H2,1-4H3. The molecule has 0 aliphatic heterocycles. The molecule has 0 aromatic rings. The molecule has 118 valence electrons. The van der Waals surface area contributed by atoms with Gasteiger partial charge in [0.15, 0.2) is 0 Å². The lowest BCUT2D eigenvalue weighted by Crippen LogP contribution is -2.55. The van der Waals surface area contributed by atoms with Gasteiger partial charge in [0.25, 0.3) is 0 Å². The van der Waals surface area contributed by atoms with Crippen molar-refractivity contribution >= 4 is 0 Å². The van der Waals surface area contributed by atoms with Gasteiger partial charge in [0.1, 0.15) is 0 Å². The molecule has 2 aliphatic carbocycles. The third kappa shape index (κ3) is 3.39. The van der Waals surface area contributed by atoms with E-state index in [9.17, 15) is 0 Å². The van der Waals surface area contributed by atoms with Crippen molar-refractivity contribution in [1.82, 2.24) is 4.90 Å². The Morgan fingerprint density at radius 3 is 2.20 bits per heavy atom. The molecule has 2 nitrogen and oxygen atoms in total. The summed E-state index contributed by atoms with van der Waals surface area (Å²) in [5, 5.41) is 0. The zero-order valence-electron chi connectivity index (χ0n) is 14.3. The van der Waals surface area contributed by atoms with Crippen molar-refractivity contribution in [2.45, 2.75) is 90.1 Å².